The van der Waals surface area contributed by atoms with Gasteiger partial charge in [-0.2, -0.15) is 0 Å². The first-order chi connectivity index (χ1) is 21.3. The maximum Gasteiger partial charge on any atom is 0.338 e. The van der Waals surface area contributed by atoms with Crippen LogP contribution in [0.3, 0.4) is 0 Å². The van der Waals surface area contributed by atoms with Crippen LogP contribution in [0.2, 0.25) is 0 Å². The van der Waals surface area contributed by atoms with Crippen LogP contribution in [0.1, 0.15) is 41.0 Å². The summed E-state index contributed by atoms with van der Waals surface area (Å²) in [6, 6.07) is 24.7. The number of esters is 1. The number of benzene rings is 3. The molecule has 10 heteroatoms. The predicted molar refractivity (Wildman–Crippen MR) is 168 cm³/mol. The van der Waals surface area contributed by atoms with E-state index in [1.165, 1.54) is 22.0 Å². The average Bonchev–Trinajstić information content (AvgIpc) is 3.62. The van der Waals surface area contributed by atoms with Crippen molar-refractivity contribution in [2.24, 2.45) is 4.99 Å². The third-order valence-electron chi connectivity index (χ3n) is 7.51. The Morgan fingerprint density at radius 2 is 1.75 bits per heavy atom. The van der Waals surface area contributed by atoms with Crippen molar-refractivity contribution >= 4 is 34.8 Å². The number of nitro benzene ring substituents is 1. The van der Waals surface area contributed by atoms with Crippen LogP contribution in [0.25, 0.3) is 23.1 Å². The number of nitrogens with zero attached hydrogens (tertiary/aromatic N) is 3. The Balaban J connectivity index is 1.53. The molecule has 0 saturated heterocycles. The minimum absolute atomic E-state index is 0.0128. The monoisotopic (exact) mass is 605 g/mol. The summed E-state index contributed by atoms with van der Waals surface area (Å²) in [7, 11) is 0. The molecule has 0 aliphatic carbocycles. The summed E-state index contributed by atoms with van der Waals surface area (Å²) in [6.45, 7) is 5.43. The fourth-order valence-electron chi connectivity index (χ4n) is 5.28. The van der Waals surface area contributed by atoms with Crippen LogP contribution < -0.4 is 14.9 Å². The number of carbonyl (C=O) groups excluding carboxylic acids is 1. The van der Waals surface area contributed by atoms with Crippen molar-refractivity contribution in [1.82, 2.24) is 4.57 Å². The number of aryl methyl sites for hydroxylation is 1. The Bertz CT molecular complexity index is 2120. The number of hydrogen-bond donors (Lipinski definition) is 0. The zero-order valence-electron chi connectivity index (χ0n) is 24.1. The molecule has 3 aromatic carbocycles. The summed E-state index contributed by atoms with van der Waals surface area (Å²) >= 11 is 1.19. The Labute approximate surface area is 255 Å². The lowest BCUT2D eigenvalue weighted by Gasteiger charge is -2.25. The van der Waals surface area contributed by atoms with Gasteiger partial charge in [0.2, 0.25) is 0 Å². The number of rotatable bonds is 7. The van der Waals surface area contributed by atoms with Crippen LogP contribution in [0.15, 0.2) is 105 Å². The van der Waals surface area contributed by atoms with Gasteiger partial charge >= 0.3 is 5.97 Å². The van der Waals surface area contributed by atoms with Crippen LogP contribution in [0.4, 0.5) is 5.69 Å². The first-order valence-electron chi connectivity index (χ1n) is 14.0. The number of hydrogen-bond acceptors (Lipinski definition) is 8. The van der Waals surface area contributed by atoms with Crippen LogP contribution in [-0.4, -0.2) is 22.1 Å². The Morgan fingerprint density at radius 1 is 1.05 bits per heavy atom. The molecule has 0 unspecified atom stereocenters. The molecule has 44 heavy (non-hydrogen) atoms. The van der Waals surface area contributed by atoms with Crippen LogP contribution in [-0.2, 0) is 9.53 Å². The first kappa shape index (κ1) is 28.8. The van der Waals surface area contributed by atoms with Gasteiger partial charge in [-0.05, 0) is 50.1 Å². The molecule has 0 N–H and O–H groups in total. The molecule has 1 aliphatic heterocycles. The molecule has 1 atom stereocenters. The molecule has 0 amide bonds. The standard InChI is InChI=1S/C34H27N3O6S/c1-4-42-33(39)29-30(22-11-7-5-8-12-22)35-34-36(31(29)23-13-9-6-10-14-23)32(38)28(44-34)19-25-15-16-27(43-25)24-17-20(2)21(3)26(18-24)37(40)41/h5-19,31H,4H2,1-3H3/b28-19-/t31-/m0/s1. The molecule has 5 aromatic rings. The quantitative estimate of drug-likeness (QED) is 0.133. The van der Waals surface area contributed by atoms with Crippen LogP contribution >= 0.6 is 11.3 Å². The van der Waals surface area contributed by atoms with Gasteiger partial charge in [0.25, 0.3) is 11.2 Å². The second kappa shape index (κ2) is 11.7. The number of carbonyl (C=O) groups is 1. The van der Waals surface area contributed by atoms with Gasteiger partial charge in [-0.15, -0.1) is 0 Å². The minimum atomic E-state index is -0.771. The molecule has 2 aromatic heterocycles. The van der Waals surface area contributed by atoms with Crippen molar-refractivity contribution in [2.75, 3.05) is 6.61 Å². The Hall–Kier alpha value is -5.35. The van der Waals surface area contributed by atoms with Crippen molar-refractivity contribution < 1.29 is 18.9 Å². The van der Waals surface area contributed by atoms with Gasteiger partial charge < -0.3 is 9.15 Å². The molecular weight excluding hydrogens is 578 g/mol. The fraction of sp³-hybridized carbons (Fsp3) is 0.147. The first-order valence-corrected chi connectivity index (χ1v) is 14.8. The van der Waals surface area contributed by atoms with Crippen molar-refractivity contribution in [3.05, 3.63) is 148 Å². The number of furan rings is 1. The average molecular weight is 606 g/mol. The summed E-state index contributed by atoms with van der Waals surface area (Å²) in [6.07, 6.45) is 1.63. The third-order valence-corrected chi connectivity index (χ3v) is 8.49. The van der Waals surface area contributed by atoms with E-state index in [9.17, 15) is 19.7 Å². The Morgan fingerprint density at radius 3 is 2.43 bits per heavy atom. The molecule has 0 fully saturated rings. The van der Waals surface area contributed by atoms with E-state index in [1.807, 2.05) is 73.7 Å². The maximum absolute atomic E-state index is 14.0. The highest BCUT2D eigenvalue weighted by molar-refractivity contribution is 7.07. The summed E-state index contributed by atoms with van der Waals surface area (Å²) in [5, 5.41) is 11.6. The summed E-state index contributed by atoms with van der Waals surface area (Å²) in [4.78, 5) is 44.0. The van der Waals surface area contributed by atoms with E-state index in [0.29, 0.717) is 37.7 Å². The lowest BCUT2D eigenvalue weighted by Crippen LogP contribution is -2.39. The third kappa shape index (κ3) is 5.20. The number of aromatic nitrogens is 1. The molecule has 0 spiro atoms. The van der Waals surface area contributed by atoms with E-state index in [2.05, 4.69) is 0 Å². The molecular formula is C34H27N3O6S. The predicted octanol–water partition coefficient (Wildman–Crippen LogP) is 5.72. The van der Waals surface area contributed by atoms with Crippen LogP contribution in [0, 0.1) is 24.0 Å². The van der Waals surface area contributed by atoms with E-state index >= 15 is 0 Å². The summed E-state index contributed by atoms with van der Waals surface area (Å²) < 4.78 is 13.4. The van der Waals surface area contributed by atoms with Crippen LogP contribution in [0.5, 0.6) is 0 Å². The maximum atomic E-state index is 14.0. The molecule has 0 radical (unpaired) electrons. The number of fused-ring (bicyclic) bond motifs is 1. The zero-order valence-corrected chi connectivity index (χ0v) is 25.0. The van der Waals surface area contributed by atoms with Crippen molar-refractivity contribution in [3.63, 3.8) is 0 Å². The van der Waals surface area contributed by atoms with Crippen molar-refractivity contribution in [3.8, 4) is 11.3 Å². The van der Waals surface area contributed by atoms with Gasteiger partial charge in [-0.1, -0.05) is 72.0 Å². The number of ether oxygens (including phenoxy) is 1. The van der Waals surface area contributed by atoms with Gasteiger partial charge in [0.05, 0.1) is 33.4 Å². The van der Waals surface area contributed by atoms with Gasteiger partial charge in [-0.25, -0.2) is 9.79 Å². The minimum Gasteiger partial charge on any atom is -0.463 e. The fourth-order valence-corrected chi connectivity index (χ4v) is 6.26. The summed E-state index contributed by atoms with van der Waals surface area (Å²) in [5.74, 6) is 0.292. The second-order valence-electron chi connectivity index (χ2n) is 10.2. The molecule has 3 heterocycles. The lowest BCUT2D eigenvalue weighted by atomic mass is 9.93. The highest BCUT2D eigenvalue weighted by Gasteiger charge is 2.35. The summed E-state index contributed by atoms with van der Waals surface area (Å²) in [5.41, 5.74) is 3.80. The van der Waals surface area contributed by atoms with Crippen molar-refractivity contribution in [2.45, 2.75) is 26.8 Å². The topological polar surface area (TPSA) is 117 Å². The highest BCUT2D eigenvalue weighted by Crippen LogP contribution is 2.35. The molecule has 1 aliphatic rings. The number of thiazole rings is 1. The SMILES string of the molecule is CCOC(=O)C1=C(c2ccccc2)N=c2s/c(=C\c3ccc(-c4cc(C)c(C)c([N+](=O)[O-])c4)o3)c(=O)n2[C@H]1c1ccccc1. The lowest BCUT2D eigenvalue weighted by molar-refractivity contribution is -0.385. The largest absolute Gasteiger partial charge is 0.463 e. The van der Waals surface area contributed by atoms with E-state index in [4.69, 9.17) is 14.1 Å². The normalized spacial score (nSPS) is 14.7. The second-order valence-corrected chi connectivity index (χ2v) is 11.2. The molecule has 0 bridgehead atoms. The van der Waals surface area contributed by atoms with E-state index < -0.39 is 16.9 Å². The smallest absolute Gasteiger partial charge is 0.338 e. The molecule has 0 saturated carbocycles. The van der Waals surface area contributed by atoms with Gasteiger partial charge in [0.1, 0.15) is 11.5 Å². The van der Waals surface area contributed by atoms with E-state index in [-0.39, 0.29) is 23.4 Å². The van der Waals surface area contributed by atoms with E-state index in [1.54, 1.807) is 32.1 Å². The molecule has 9 nitrogen and oxygen atoms in total. The van der Waals surface area contributed by atoms with Gasteiger partial charge in [0, 0.05) is 28.8 Å². The van der Waals surface area contributed by atoms with E-state index in [0.717, 1.165) is 16.7 Å². The highest BCUT2D eigenvalue weighted by atomic mass is 32.1. The molecule has 220 valence electrons. The Kier molecular flexibility index (Phi) is 7.67. The van der Waals surface area contributed by atoms with Crippen molar-refractivity contribution in [1.29, 1.82) is 0 Å². The van der Waals surface area contributed by atoms with Gasteiger partial charge in [-0.3, -0.25) is 19.5 Å². The molecule has 6 rings (SSSR count). The number of nitro groups is 1. The zero-order chi connectivity index (χ0) is 31.0. The van der Waals surface area contributed by atoms with Gasteiger partial charge in [0.15, 0.2) is 4.80 Å².